The van der Waals surface area contributed by atoms with Crippen molar-refractivity contribution in [2.24, 2.45) is 11.7 Å². The molecule has 0 radical (unpaired) electrons. The number of aromatic nitrogens is 3. The Morgan fingerprint density at radius 2 is 2.14 bits per heavy atom. The Balaban J connectivity index is 1.63. The van der Waals surface area contributed by atoms with Crippen LogP contribution in [0.15, 0.2) is 29.4 Å². The molecule has 1 atom stereocenters. The Morgan fingerprint density at radius 1 is 1.36 bits per heavy atom. The molecule has 1 amide bonds. The van der Waals surface area contributed by atoms with Gasteiger partial charge in [-0.05, 0) is 43.2 Å². The van der Waals surface area contributed by atoms with Crippen LogP contribution in [0.2, 0.25) is 0 Å². The van der Waals surface area contributed by atoms with Gasteiger partial charge in [0, 0.05) is 5.75 Å². The molecule has 0 fully saturated rings. The number of nitrogens with two attached hydrogens (primary N) is 1. The number of thioether (sulfide) groups is 1. The van der Waals surface area contributed by atoms with E-state index in [1.807, 2.05) is 6.92 Å². The van der Waals surface area contributed by atoms with Gasteiger partial charge in [-0.3, -0.25) is 9.36 Å². The molecule has 6 heteroatoms. The summed E-state index contributed by atoms with van der Waals surface area (Å²) >= 11 is 1.67. The summed E-state index contributed by atoms with van der Waals surface area (Å²) in [6.07, 6.45) is 3.47. The molecule has 1 aromatic heterocycles. The van der Waals surface area contributed by atoms with Gasteiger partial charge in [0.05, 0.1) is 0 Å². The number of carbonyl (C=O) groups excluding carboxylic acids is 1. The molecule has 116 valence electrons. The van der Waals surface area contributed by atoms with Gasteiger partial charge in [-0.15, -0.1) is 10.2 Å². The maximum absolute atomic E-state index is 11.2. The number of primary amides is 1. The molecule has 5 nitrogen and oxygen atoms in total. The standard InChI is InChI=1S/C16H20N4OS/c1-11-18-19-16(20(11)9-15(17)21)22-10-12-6-7-13-4-2-3-5-14(13)8-12/h2-5,12H,6-10H2,1H3,(H2,17,21)/t12-/m0/s1. The summed E-state index contributed by atoms with van der Waals surface area (Å²) in [6, 6.07) is 8.68. The third kappa shape index (κ3) is 3.32. The normalized spacial score (nSPS) is 17.2. The van der Waals surface area contributed by atoms with E-state index < -0.39 is 0 Å². The van der Waals surface area contributed by atoms with E-state index in [4.69, 9.17) is 5.73 Å². The fourth-order valence-electron chi connectivity index (χ4n) is 2.91. The van der Waals surface area contributed by atoms with Crippen LogP contribution in [0, 0.1) is 12.8 Å². The molecule has 1 aromatic carbocycles. The highest BCUT2D eigenvalue weighted by Gasteiger charge is 2.20. The highest BCUT2D eigenvalue weighted by molar-refractivity contribution is 7.99. The lowest BCUT2D eigenvalue weighted by atomic mass is 9.85. The first-order valence-corrected chi connectivity index (χ1v) is 8.49. The van der Waals surface area contributed by atoms with Crippen LogP contribution in [-0.2, 0) is 24.2 Å². The van der Waals surface area contributed by atoms with Crippen molar-refractivity contribution in [3.8, 4) is 0 Å². The van der Waals surface area contributed by atoms with Gasteiger partial charge in [-0.1, -0.05) is 36.0 Å². The molecule has 0 saturated heterocycles. The summed E-state index contributed by atoms with van der Waals surface area (Å²) in [6.45, 7) is 1.99. The summed E-state index contributed by atoms with van der Waals surface area (Å²) < 4.78 is 1.80. The molecule has 3 rings (SSSR count). The minimum atomic E-state index is -0.364. The first-order chi connectivity index (χ1) is 10.6. The van der Waals surface area contributed by atoms with Gasteiger partial charge in [0.2, 0.25) is 5.91 Å². The zero-order valence-corrected chi connectivity index (χ0v) is 13.5. The van der Waals surface area contributed by atoms with Gasteiger partial charge in [0.25, 0.3) is 0 Å². The van der Waals surface area contributed by atoms with Crippen LogP contribution in [0.5, 0.6) is 0 Å². The van der Waals surface area contributed by atoms with Gasteiger partial charge in [0.1, 0.15) is 12.4 Å². The minimum Gasteiger partial charge on any atom is -0.368 e. The largest absolute Gasteiger partial charge is 0.368 e. The van der Waals surface area contributed by atoms with Crippen molar-refractivity contribution in [2.45, 2.75) is 37.9 Å². The third-order valence-corrected chi connectivity index (χ3v) is 5.31. The second-order valence-corrected chi connectivity index (χ2v) is 6.76. The maximum atomic E-state index is 11.2. The van der Waals surface area contributed by atoms with Crippen LogP contribution in [0.4, 0.5) is 0 Å². The molecule has 1 aliphatic carbocycles. The number of hydrogen-bond donors (Lipinski definition) is 1. The minimum absolute atomic E-state index is 0.147. The van der Waals surface area contributed by atoms with E-state index >= 15 is 0 Å². The zero-order valence-electron chi connectivity index (χ0n) is 12.7. The van der Waals surface area contributed by atoms with Crippen LogP contribution < -0.4 is 5.73 Å². The molecule has 0 unspecified atom stereocenters. The monoisotopic (exact) mass is 316 g/mol. The predicted molar refractivity (Wildman–Crippen MR) is 86.6 cm³/mol. The number of rotatable bonds is 5. The summed E-state index contributed by atoms with van der Waals surface area (Å²) in [7, 11) is 0. The van der Waals surface area contributed by atoms with Crippen LogP contribution in [0.1, 0.15) is 23.4 Å². The highest BCUT2D eigenvalue weighted by atomic mass is 32.2. The average molecular weight is 316 g/mol. The van der Waals surface area contributed by atoms with Crippen molar-refractivity contribution in [3.63, 3.8) is 0 Å². The number of aryl methyl sites for hydroxylation is 2. The van der Waals surface area contributed by atoms with E-state index in [0.717, 1.165) is 29.6 Å². The Kier molecular flexibility index (Phi) is 4.47. The lowest BCUT2D eigenvalue weighted by Crippen LogP contribution is -2.20. The van der Waals surface area contributed by atoms with E-state index in [2.05, 4.69) is 34.5 Å². The van der Waals surface area contributed by atoms with Crippen molar-refractivity contribution < 1.29 is 4.79 Å². The molecular weight excluding hydrogens is 296 g/mol. The summed E-state index contributed by atoms with van der Waals surface area (Å²) in [5, 5.41) is 9.01. The number of amides is 1. The Labute approximate surface area is 134 Å². The second-order valence-electron chi connectivity index (χ2n) is 5.77. The van der Waals surface area contributed by atoms with Gasteiger partial charge in [-0.25, -0.2) is 0 Å². The fourth-order valence-corrected chi connectivity index (χ4v) is 4.03. The van der Waals surface area contributed by atoms with Crippen molar-refractivity contribution in [3.05, 3.63) is 41.2 Å². The number of carbonyl (C=O) groups is 1. The van der Waals surface area contributed by atoms with Crippen molar-refractivity contribution in [1.29, 1.82) is 0 Å². The molecule has 22 heavy (non-hydrogen) atoms. The fraction of sp³-hybridized carbons (Fsp3) is 0.438. The van der Waals surface area contributed by atoms with E-state index in [-0.39, 0.29) is 12.5 Å². The first kappa shape index (κ1) is 15.1. The smallest absolute Gasteiger partial charge is 0.237 e. The second kappa shape index (κ2) is 6.52. The SMILES string of the molecule is Cc1nnc(SC[C@H]2CCc3ccccc3C2)n1CC(N)=O. The zero-order chi connectivity index (χ0) is 15.5. The quantitative estimate of drug-likeness (QED) is 0.856. The molecule has 0 bridgehead atoms. The van der Waals surface area contributed by atoms with Crippen molar-refractivity contribution >= 4 is 17.7 Å². The number of fused-ring (bicyclic) bond motifs is 1. The summed E-state index contributed by atoms with van der Waals surface area (Å²) in [5.41, 5.74) is 8.24. The van der Waals surface area contributed by atoms with Gasteiger partial charge in [0.15, 0.2) is 5.16 Å². The molecule has 2 N–H and O–H groups in total. The third-order valence-electron chi connectivity index (χ3n) is 4.11. The van der Waals surface area contributed by atoms with E-state index in [0.29, 0.717) is 5.92 Å². The highest BCUT2D eigenvalue weighted by Crippen LogP contribution is 2.29. The number of nitrogens with zero attached hydrogens (tertiary/aromatic N) is 3. The first-order valence-electron chi connectivity index (χ1n) is 7.51. The van der Waals surface area contributed by atoms with E-state index in [9.17, 15) is 4.79 Å². The maximum Gasteiger partial charge on any atom is 0.237 e. The number of hydrogen-bond acceptors (Lipinski definition) is 4. The van der Waals surface area contributed by atoms with Crippen LogP contribution in [0.25, 0.3) is 0 Å². The molecule has 0 saturated carbocycles. The van der Waals surface area contributed by atoms with Crippen LogP contribution in [0.3, 0.4) is 0 Å². The molecule has 2 aromatic rings. The van der Waals surface area contributed by atoms with Crippen molar-refractivity contribution in [2.75, 3.05) is 5.75 Å². The molecular formula is C16H20N4OS. The Hall–Kier alpha value is -1.82. The van der Waals surface area contributed by atoms with Gasteiger partial charge >= 0.3 is 0 Å². The Morgan fingerprint density at radius 3 is 2.91 bits per heavy atom. The van der Waals surface area contributed by atoms with Gasteiger partial charge in [-0.2, -0.15) is 0 Å². The van der Waals surface area contributed by atoms with E-state index in [1.165, 1.54) is 17.5 Å². The number of benzene rings is 1. The van der Waals surface area contributed by atoms with Gasteiger partial charge < -0.3 is 5.73 Å². The predicted octanol–water partition coefficient (Wildman–Crippen LogP) is 1.97. The van der Waals surface area contributed by atoms with E-state index in [1.54, 1.807) is 16.3 Å². The summed E-state index contributed by atoms with van der Waals surface area (Å²) in [5.74, 6) is 2.00. The lowest BCUT2D eigenvalue weighted by molar-refractivity contribution is -0.118. The van der Waals surface area contributed by atoms with Crippen LogP contribution in [-0.4, -0.2) is 26.4 Å². The average Bonchev–Trinajstić information content (AvgIpc) is 2.85. The summed E-state index contributed by atoms with van der Waals surface area (Å²) in [4.78, 5) is 11.2. The molecule has 1 heterocycles. The van der Waals surface area contributed by atoms with Crippen molar-refractivity contribution in [1.82, 2.24) is 14.8 Å². The molecule has 0 spiro atoms. The Bertz CT molecular complexity index is 683. The topological polar surface area (TPSA) is 73.8 Å². The molecule has 0 aliphatic heterocycles. The van der Waals surface area contributed by atoms with Crippen LogP contribution >= 0.6 is 11.8 Å². The lowest BCUT2D eigenvalue weighted by Gasteiger charge is -2.24. The molecule has 1 aliphatic rings.